The zero-order valence-corrected chi connectivity index (χ0v) is 12.3. The molecule has 2 heterocycles. The summed E-state index contributed by atoms with van der Waals surface area (Å²) in [6.45, 7) is 1.74. The van der Waals surface area contributed by atoms with E-state index in [0.29, 0.717) is 5.69 Å². The lowest BCUT2D eigenvalue weighted by Crippen LogP contribution is -2.40. The van der Waals surface area contributed by atoms with Crippen LogP contribution in [0.25, 0.3) is 0 Å². The smallest absolute Gasteiger partial charge is 0.319 e. The Balaban J connectivity index is 1.91. The summed E-state index contributed by atoms with van der Waals surface area (Å²) in [4.78, 5) is 15.6. The molecule has 0 aromatic carbocycles. The van der Waals surface area contributed by atoms with E-state index >= 15 is 0 Å². The summed E-state index contributed by atoms with van der Waals surface area (Å²) in [7, 11) is 0. The minimum absolute atomic E-state index is 0.0907. The van der Waals surface area contributed by atoms with Crippen molar-refractivity contribution in [3.8, 4) is 0 Å². The van der Waals surface area contributed by atoms with E-state index in [4.69, 9.17) is 11.6 Å². The SMILES string of the molecule is CC(O)(CNC(=O)Nc1cccnc1Cl)c1ccsc1. The van der Waals surface area contributed by atoms with Crippen LogP contribution in [0.4, 0.5) is 10.5 Å². The summed E-state index contributed by atoms with van der Waals surface area (Å²) < 4.78 is 0. The third-order valence-electron chi connectivity index (χ3n) is 2.74. The Hall–Kier alpha value is -1.63. The number of urea groups is 1. The van der Waals surface area contributed by atoms with Gasteiger partial charge in [0.05, 0.1) is 12.2 Å². The van der Waals surface area contributed by atoms with Gasteiger partial charge in [-0.2, -0.15) is 11.3 Å². The van der Waals surface area contributed by atoms with Gasteiger partial charge in [-0.25, -0.2) is 9.78 Å². The van der Waals surface area contributed by atoms with Crippen molar-refractivity contribution in [3.05, 3.63) is 45.9 Å². The molecule has 3 N–H and O–H groups in total. The van der Waals surface area contributed by atoms with E-state index in [-0.39, 0.29) is 11.7 Å². The molecule has 0 aliphatic heterocycles. The number of halogens is 1. The number of aromatic nitrogens is 1. The molecule has 0 radical (unpaired) electrons. The van der Waals surface area contributed by atoms with Gasteiger partial charge >= 0.3 is 6.03 Å². The zero-order chi connectivity index (χ0) is 14.6. The number of thiophene rings is 1. The molecule has 2 aromatic heterocycles. The summed E-state index contributed by atoms with van der Waals surface area (Å²) in [5.41, 5.74) is 0.0693. The van der Waals surface area contributed by atoms with Gasteiger partial charge in [-0.1, -0.05) is 11.6 Å². The van der Waals surface area contributed by atoms with Crippen molar-refractivity contribution in [1.82, 2.24) is 10.3 Å². The molecule has 0 fully saturated rings. The molecule has 0 bridgehead atoms. The second-order valence-electron chi connectivity index (χ2n) is 4.44. The normalized spacial score (nSPS) is 13.6. The summed E-state index contributed by atoms with van der Waals surface area (Å²) in [5.74, 6) is 0. The maximum Gasteiger partial charge on any atom is 0.319 e. The molecular formula is C13H14ClN3O2S. The van der Waals surface area contributed by atoms with Crippen LogP contribution in [0.15, 0.2) is 35.2 Å². The number of carbonyl (C=O) groups is 1. The highest BCUT2D eigenvalue weighted by Crippen LogP contribution is 2.22. The van der Waals surface area contributed by atoms with Gasteiger partial charge in [0.2, 0.25) is 0 Å². The summed E-state index contributed by atoms with van der Waals surface area (Å²) in [5, 5.41) is 19.4. The number of pyridine rings is 1. The molecule has 0 aliphatic carbocycles. The Morgan fingerprint density at radius 1 is 1.55 bits per heavy atom. The van der Waals surface area contributed by atoms with E-state index in [9.17, 15) is 9.90 Å². The molecular weight excluding hydrogens is 298 g/mol. The van der Waals surface area contributed by atoms with Crippen LogP contribution >= 0.6 is 22.9 Å². The average Bonchev–Trinajstić information content (AvgIpc) is 2.94. The number of aliphatic hydroxyl groups is 1. The minimum atomic E-state index is -1.12. The van der Waals surface area contributed by atoms with E-state index in [1.165, 1.54) is 17.5 Å². The van der Waals surface area contributed by atoms with E-state index in [1.54, 1.807) is 19.1 Å². The van der Waals surface area contributed by atoms with E-state index < -0.39 is 11.6 Å². The molecule has 0 spiro atoms. The van der Waals surface area contributed by atoms with Crippen LogP contribution in [0, 0.1) is 0 Å². The molecule has 2 aromatic rings. The first kappa shape index (κ1) is 14.8. The molecule has 1 atom stereocenters. The summed E-state index contributed by atoms with van der Waals surface area (Å²) >= 11 is 7.33. The highest BCUT2D eigenvalue weighted by molar-refractivity contribution is 7.08. The lowest BCUT2D eigenvalue weighted by Gasteiger charge is -2.22. The van der Waals surface area contributed by atoms with Crippen molar-refractivity contribution in [2.24, 2.45) is 0 Å². The Kier molecular flexibility index (Phi) is 4.59. The molecule has 20 heavy (non-hydrogen) atoms. The predicted octanol–water partition coefficient (Wildman–Crippen LogP) is 2.83. The van der Waals surface area contributed by atoms with Crippen molar-refractivity contribution in [1.29, 1.82) is 0 Å². The monoisotopic (exact) mass is 311 g/mol. The van der Waals surface area contributed by atoms with Gasteiger partial charge in [0.1, 0.15) is 5.60 Å². The molecule has 2 amide bonds. The van der Waals surface area contributed by atoms with Crippen molar-refractivity contribution >= 4 is 34.7 Å². The summed E-state index contributed by atoms with van der Waals surface area (Å²) in [6.07, 6.45) is 1.53. The molecule has 0 aliphatic rings. The molecule has 5 nitrogen and oxygen atoms in total. The summed E-state index contributed by atoms with van der Waals surface area (Å²) in [6, 6.07) is 4.69. The third-order valence-corrected chi connectivity index (χ3v) is 3.73. The van der Waals surface area contributed by atoms with Crippen LogP contribution in [-0.2, 0) is 5.60 Å². The van der Waals surface area contributed by atoms with Gasteiger partial charge in [-0.15, -0.1) is 0 Å². The lowest BCUT2D eigenvalue weighted by molar-refractivity contribution is 0.0604. The van der Waals surface area contributed by atoms with Crippen LogP contribution in [0.5, 0.6) is 0 Å². The van der Waals surface area contributed by atoms with Gasteiger partial charge in [-0.05, 0) is 41.4 Å². The highest BCUT2D eigenvalue weighted by atomic mass is 35.5. The quantitative estimate of drug-likeness (QED) is 0.760. The zero-order valence-electron chi connectivity index (χ0n) is 10.8. The fraction of sp³-hybridized carbons (Fsp3) is 0.231. The van der Waals surface area contributed by atoms with Crippen LogP contribution in [0.2, 0.25) is 5.15 Å². The Morgan fingerprint density at radius 2 is 2.35 bits per heavy atom. The standard InChI is InChI=1S/C13H14ClN3O2S/c1-13(19,9-4-6-20-7-9)8-16-12(18)17-10-3-2-5-15-11(10)14/h2-7,19H,8H2,1H3,(H2,16,17,18). The Bertz CT molecular complexity index is 587. The van der Waals surface area contributed by atoms with Gasteiger partial charge in [-0.3, -0.25) is 0 Å². The number of nitrogens with zero attached hydrogens (tertiary/aromatic N) is 1. The third kappa shape index (κ3) is 3.69. The molecule has 0 saturated carbocycles. The first-order valence-corrected chi connectivity index (χ1v) is 7.21. The Labute approximate surface area is 125 Å². The number of carbonyl (C=O) groups excluding carboxylic acids is 1. The van der Waals surface area contributed by atoms with Crippen LogP contribution in [-0.4, -0.2) is 22.7 Å². The van der Waals surface area contributed by atoms with E-state index in [0.717, 1.165) is 5.56 Å². The maximum absolute atomic E-state index is 11.8. The first-order valence-electron chi connectivity index (χ1n) is 5.89. The molecule has 106 valence electrons. The van der Waals surface area contributed by atoms with Crippen molar-refractivity contribution in [3.63, 3.8) is 0 Å². The minimum Gasteiger partial charge on any atom is -0.384 e. The lowest BCUT2D eigenvalue weighted by atomic mass is 9.99. The van der Waals surface area contributed by atoms with Gasteiger partial charge in [0.25, 0.3) is 0 Å². The second kappa shape index (κ2) is 6.21. The maximum atomic E-state index is 11.8. The molecule has 1 unspecified atom stereocenters. The van der Waals surface area contributed by atoms with Gasteiger partial charge < -0.3 is 15.7 Å². The number of hydrogen-bond acceptors (Lipinski definition) is 4. The fourth-order valence-corrected chi connectivity index (χ4v) is 2.52. The van der Waals surface area contributed by atoms with Crippen LogP contribution in [0.3, 0.4) is 0 Å². The molecule has 7 heteroatoms. The first-order chi connectivity index (χ1) is 9.49. The van der Waals surface area contributed by atoms with Crippen molar-refractivity contribution in [2.45, 2.75) is 12.5 Å². The Morgan fingerprint density at radius 3 is 3.00 bits per heavy atom. The largest absolute Gasteiger partial charge is 0.384 e. The van der Waals surface area contributed by atoms with Crippen molar-refractivity contribution < 1.29 is 9.90 Å². The van der Waals surface area contributed by atoms with E-state index in [1.807, 2.05) is 16.8 Å². The number of rotatable bonds is 4. The van der Waals surface area contributed by atoms with Crippen LogP contribution < -0.4 is 10.6 Å². The van der Waals surface area contributed by atoms with Gasteiger partial charge in [0, 0.05) is 6.20 Å². The molecule has 2 rings (SSSR count). The fourth-order valence-electron chi connectivity index (χ4n) is 1.57. The average molecular weight is 312 g/mol. The second-order valence-corrected chi connectivity index (χ2v) is 5.57. The predicted molar refractivity (Wildman–Crippen MR) is 80.2 cm³/mol. The van der Waals surface area contributed by atoms with E-state index in [2.05, 4.69) is 15.6 Å². The van der Waals surface area contributed by atoms with Gasteiger partial charge in [0.15, 0.2) is 5.15 Å². The number of amides is 2. The number of anilines is 1. The van der Waals surface area contributed by atoms with Crippen molar-refractivity contribution in [2.75, 3.05) is 11.9 Å². The molecule has 0 saturated heterocycles. The number of hydrogen-bond donors (Lipinski definition) is 3. The number of nitrogens with one attached hydrogen (secondary N) is 2. The van der Waals surface area contributed by atoms with Crippen LogP contribution in [0.1, 0.15) is 12.5 Å². The highest BCUT2D eigenvalue weighted by Gasteiger charge is 2.24. The topological polar surface area (TPSA) is 74.2 Å².